The Bertz CT molecular complexity index is 783. The Labute approximate surface area is 158 Å². The third kappa shape index (κ3) is 7.48. The normalized spacial score (nSPS) is 11.0. The second-order valence-corrected chi connectivity index (χ2v) is 7.19. The third-order valence-electron chi connectivity index (χ3n) is 3.64. The quantitative estimate of drug-likeness (QED) is 0.803. The van der Waals surface area contributed by atoms with Crippen molar-refractivity contribution in [3.8, 4) is 0 Å². The van der Waals surface area contributed by atoms with Gasteiger partial charge in [-0.3, -0.25) is 10.1 Å². The maximum absolute atomic E-state index is 13.5. The first-order valence-electron chi connectivity index (χ1n) is 8.82. The average Bonchev–Trinajstić information content (AvgIpc) is 2.57. The number of nitrogens with one attached hydrogen (secondary N) is 2. The Kier molecular flexibility index (Phi) is 6.93. The number of amides is 2. The summed E-state index contributed by atoms with van der Waals surface area (Å²) in [6.07, 6.45) is 0.150. The summed E-state index contributed by atoms with van der Waals surface area (Å²) in [4.78, 5) is 23.6. The summed E-state index contributed by atoms with van der Waals surface area (Å²) >= 11 is 0. The first-order chi connectivity index (χ1) is 12.7. The molecular formula is C21H25FN2O3. The molecule has 0 aliphatic heterocycles. The van der Waals surface area contributed by atoms with Crippen LogP contribution in [0.3, 0.4) is 0 Å². The van der Waals surface area contributed by atoms with Crippen LogP contribution in [0.4, 0.5) is 14.9 Å². The molecule has 144 valence electrons. The molecule has 0 spiro atoms. The van der Waals surface area contributed by atoms with Gasteiger partial charge in [0, 0.05) is 12.2 Å². The Morgan fingerprint density at radius 3 is 2.33 bits per heavy atom. The molecule has 0 unspecified atom stereocenters. The highest BCUT2D eigenvalue weighted by Crippen LogP contribution is 2.13. The molecule has 2 N–H and O–H groups in total. The van der Waals surface area contributed by atoms with E-state index in [1.807, 2.05) is 12.1 Å². The Morgan fingerprint density at radius 1 is 1.04 bits per heavy atom. The maximum atomic E-state index is 13.5. The third-order valence-corrected chi connectivity index (χ3v) is 3.64. The van der Waals surface area contributed by atoms with Crippen molar-refractivity contribution >= 4 is 17.7 Å². The lowest BCUT2D eigenvalue weighted by molar-refractivity contribution is -0.120. The number of rotatable bonds is 6. The molecule has 2 aromatic rings. The van der Waals surface area contributed by atoms with E-state index in [0.717, 1.165) is 5.56 Å². The van der Waals surface area contributed by atoms with E-state index in [2.05, 4.69) is 10.6 Å². The van der Waals surface area contributed by atoms with E-state index in [1.165, 1.54) is 6.07 Å². The van der Waals surface area contributed by atoms with Gasteiger partial charge < -0.3 is 10.1 Å². The highest BCUT2D eigenvalue weighted by Gasteiger charge is 2.16. The van der Waals surface area contributed by atoms with Crippen molar-refractivity contribution in [2.75, 3.05) is 11.9 Å². The van der Waals surface area contributed by atoms with E-state index < -0.39 is 11.7 Å². The van der Waals surface area contributed by atoms with Gasteiger partial charge in [0.15, 0.2) is 0 Å². The lowest BCUT2D eigenvalue weighted by Crippen LogP contribution is -2.27. The van der Waals surface area contributed by atoms with Gasteiger partial charge in [-0.15, -0.1) is 0 Å². The minimum absolute atomic E-state index is 0.0193. The fourth-order valence-electron chi connectivity index (χ4n) is 2.40. The number of anilines is 1. The van der Waals surface area contributed by atoms with E-state index in [9.17, 15) is 14.0 Å². The van der Waals surface area contributed by atoms with Crippen LogP contribution < -0.4 is 10.6 Å². The van der Waals surface area contributed by atoms with Gasteiger partial charge in [0.05, 0.1) is 6.42 Å². The molecule has 0 atom stereocenters. The smallest absolute Gasteiger partial charge is 0.412 e. The zero-order valence-electron chi connectivity index (χ0n) is 15.8. The van der Waals surface area contributed by atoms with Gasteiger partial charge in [0.1, 0.15) is 11.4 Å². The molecule has 2 aromatic carbocycles. The van der Waals surface area contributed by atoms with Gasteiger partial charge in [0.2, 0.25) is 5.91 Å². The first kappa shape index (κ1) is 20.4. The van der Waals surface area contributed by atoms with Gasteiger partial charge in [0.25, 0.3) is 0 Å². The molecule has 0 fully saturated rings. The van der Waals surface area contributed by atoms with E-state index in [0.29, 0.717) is 24.2 Å². The zero-order valence-corrected chi connectivity index (χ0v) is 15.8. The molecule has 6 heteroatoms. The number of halogens is 1. The van der Waals surface area contributed by atoms with Crippen LogP contribution in [0.2, 0.25) is 0 Å². The standard InChI is InChI=1S/C21H25FN2O3/c1-21(2,3)27-20(26)24-17-10-8-15(9-11-17)12-13-23-19(25)14-16-6-4-5-7-18(16)22/h4-11H,12-14H2,1-3H3,(H,23,25)(H,24,26). The van der Waals surface area contributed by atoms with E-state index in [4.69, 9.17) is 4.74 Å². The summed E-state index contributed by atoms with van der Waals surface area (Å²) in [5.74, 6) is -0.593. The molecule has 0 bridgehead atoms. The van der Waals surface area contributed by atoms with Crippen LogP contribution >= 0.6 is 0 Å². The molecule has 0 saturated heterocycles. The number of ether oxygens (including phenoxy) is 1. The second kappa shape index (κ2) is 9.16. The highest BCUT2D eigenvalue weighted by atomic mass is 19.1. The molecular weight excluding hydrogens is 347 g/mol. The predicted molar refractivity (Wildman–Crippen MR) is 103 cm³/mol. The van der Waals surface area contributed by atoms with Crippen LogP contribution in [-0.4, -0.2) is 24.1 Å². The van der Waals surface area contributed by atoms with Crippen molar-refractivity contribution in [1.82, 2.24) is 5.32 Å². The Balaban J connectivity index is 1.76. The van der Waals surface area contributed by atoms with Crippen LogP contribution in [0.5, 0.6) is 0 Å². The largest absolute Gasteiger partial charge is 0.444 e. The molecule has 0 aromatic heterocycles. The Hall–Kier alpha value is -2.89. The van der Waals surface area contributed by atoms with Crippen molar-refractivity contribution in [2.24, 2.45) is 0 Å². The molecule has 2 amide bonds. The van der Waals surface area contributed by atoms with Crippen LogP contribution in [0.15, 0.2) is 48.5 Å². The van der Waals surface area contributed by atoms with Gasteiger partial charge >= 0.3 is 6.09 Å². The summed E-state index contributed by atoms with van der Waals surface area (Å²) in [7, 11) is 0. The monoisotopic (exact) mass is 372 g/mol. The van der Waals surface area contributed by atoms with Crippen LogP contribution in [0.25, 0.3) is 0 Å². The van der Waals surface area contributed by atoms with Gasteiger partial charge in [-0.05, 0) is 56.5 Å². The van der Waals surface area contributed by atoms with Gasteiger partial charge in [-0.25, -0.2) is 9.18 Å². The van der Waals surface area contributed by atoms with E-state index >= 15 is 0 Å². The topological polar surface area (TPSA) is 67.4 Å². The SMILES string of the molecule is CC(C)(C)OC(=O)Nc1ccc(CCNC(=O)Cc2ccccc2F)cc1. The second-order valence-electron chi connectivity index (χ2n) is 7.19. The van der Waals surface area contributed by atoms with Crippen LogP contribution in [-0.2, 0) is 22.4 Å². The minimum atomic E-state index is -0.551. The molecule has 0 aliphatic carbocycles. The summed E-state index contributed by atoms with van der Waals surface area (Å²) in [6.45, 7) is 5.86. The van der Waals surface area contributed by atoms with Gasteiger partial charge in [-0.2, -0.15) is 0 Å². The molecule has 0 radical (unpaired) electrons. The van der Waals surface area contributed by atoms with Crippen molar-refractivity contribution in [2.45, 2.75) is 39.2 Å². The Morgan fingerprint density at radius 2 is 1.70 bits per heavy atom. The van der Waals surface area contributed by atoms with E-state index in [-0.39, 0.29) is 18.1 Å². The highest BCUT2D eigenvalue weighted by molar-refractivity contribution is 5.84. The molecule has 0 saturated carbocycles. The van der Waals surface area contributed by atoms with Crippen molar-refractivity contribution in [3.63, 3.8) is 0 Å². The summed E-state index contributed by atoms with van der Waals surface area (Å²) in [5.41, 5.74) is 1.48. The summed E-state index contributed by atoms with van der Waals surface area (Å²) < 4.78 is 18.7. The maximum Gasteiger partial charge on any atom is 0.412 e. The fraction of sp³-hybridized carbons (Fsp3) is 0.333. The fourth-order valence-corrected chi connectivity index (χ4v) is 2.40. The molecule has 27 heavy (non-hydrogen) atoms. The molecule has 2 rings (SSSR count). The minimum Gasteiger partial charge on any atom is -0.444 e. The van der Waals surface area contributed by atoms with Gasteiger partial charge in [-0.1, -0.05) is 30.3 Å². The van der Waals surface area contributed by atoms with Crippen LogP contribution in [0, 0.1) is 5.82 Å². The number of hydrogen-bond donors (Lipinski definition) is 2. The van der Waals surface area contributed by atoms with Crippen LogP contribution in [0.1, 0.15) is 31.9 Å². The van der Waals surface area contributed by atoms with Crippen molar-refractivity contribution in [1.29, 1.82) is 0 Å². The average molecular weight is 372 g/mol. The summed E-state index contributed by atoms with van der Waals surface area (Å²) in [5, 5.41) is 5.45. The number of carbonyl (C=O) groups excluding carboxylic acids is 2. The van der Waals surface area contributed by atoms with E-state index in [1.54, 1.807) is 51.1 Å². The number of carbonyl (C=O) groups is 2. The lowest BCUT2D eigenvalue weighted by Gasteiger charge is -2.19. The number of hydrogen-bond acceptors (Lipinski definition) is 3. The molecule has 5 nitrogen and oxygen atoms in total. The predicted octanol–water partition coefficient (Wildman–Crippen LogP) is 4.07. The first-order valence-corrected chi connectivity index (χ1v) is 8.82. The lowest BCUT2D eigenvalue weighted by atomic mass is 10.1. The summed E-state index contributed by atoms with van der Waals surface area (Å²) in [6, 6.07) is 13.5. The zero-order chi connectivity index (χ0) is 19.9. The molecule has 0 aliphatic rings. The van der Waals surface area contributed by atoms with Crippen molar-refractivity contribution in [3.05, 3.63) is 65.5 Å². The van der Waals surface area contributed by atoms with Crippen molar-refractivity contribution < 1.29 is 18.7 Å². The number of benzene rings is 2. The molecule has 0 heterocycles.